The highest BCUT2D eigenvalue weighted by atomic mass is 32.2. The number of nitrogens with one attached hydrogen (secondary N) is 1. The Labute approximate surface area is 149 Å². The first-order valence-corrected chi connectivity index (χ1v) is 10.9. The van der Waals surface area contributed by atoms with E-state index in [0.29, 0.717) is 11.3 Å². The van der Waals surface area contributed by atoms with Gasteiger partial charge in [0, 0.05) is 11.9 Å². The molecule has 1 atom stereocenters. The number of hydrogen-bond acceptors (Lipinski definition) is 5. The number of halogens is 3. The minimum absolute atomic E-state index is 0.236. The molecule has 0 fully saturated rings. The molecule has 0 aliphatic heterocycles. The Morgan fingerprint density at radius 3 is 1.92 bits per heavy atom. The van der Waals surface area contributed by atoms with Crippen LogP contribution in [0.25, 0.3) is 0 Å². The van der Waals surface area contributed by atoms with E-state index in [0.717, 1.165) is 30.5 Å². The fourth-order valence-electron chi connectivity index (χ4n) is 2.27. The minimum atomic E-state index is -5.43. The van der Waals surface area contributed by atoms with Gasteiger partial charge in [-0.25, -0.2) is 16.8 Å². The van der Waals surface area contributed by atoms with Crippen molar-refractivity contribution in [1.82, 2.24) is 0 Å². The summed E-state index contributed by atoms with van der Waals surface area (Å²) in [6.07, 6.45) is 1.07. The van der Waals surface area contributed by atoms with Crippen molar-refractivity contribution in [2.24, 2.45) is 0 Å². The third kappa shape index (κ3) is 4.98. The Bertz CT molecular complexity index is 955. The predicted octanol–water partition coefficient (Wildman–Crippen LogP) is 3.18. The zero-order valence-corrected chi connectivity index (χ0v) is 15.2. The van der Waals surface area contributed by atoms with Crippen LogP contribution in [0.4, 0.5) is 18.9 Å². The highest BCUT2D eigenvalue weighted by Crippen LogP contribution is 2.31. The van der Waals surface area contributed by atoms with Gasteiger partial charge >= 0.3 is 5.51 Å². The summed E-state index contributed by atoms with van der Waals surface area (Å²) >= 11 is 0. The molecule has 5 nitrogen and oxygen atoms in total. The number of hydrogen-bond donors (Lipinski definition) is 1. The van der Waals surface area contributed by atoms with E-state index in [-0.39, 0.29) is 5.75 Å². The van der Waals surface area contributed by atoms with Crippen LogP contribution >= 0.6 is 0 Å². The number of anilines is 1. The Morgan fingerprint density at radius 2 is 1.46 bits per heavy atom. The summed E-state index contributed by atoms with van der Waals surface area (Å²) in [4.78, 5) is -0.880. The zero-order valence-electron chi connectivity index (χ0n) is 13.6. The number of alkyl halides is 3. The summed E-state index contributed by atoms with van der Waals surface area (Å²) in [6, 6.07) is 12.0. The quantitative estimate of drug-likeness (QED) is 0.796. The summed E-state index contributed by atoms with van der Waals surface area (Å²) in [7, 11) is -8.78. The molecule has 2 rings (SSSR count). The van der Waals surface area contributed by atoms with Gasteiger partial charge in [-0.2, -0.15) is 13.2 Å². The molecule has 0 aliphatic carbocycles. The molecule has 0 aliphatic rings. The third-order valence-corrected chi connectivity index (χ3v) is 5.92. The van der Waals surface area contributed by atoms with Crippen molar-refractivity contribution in [3.8, 4) is 0 Å². The Morgan fingerprint density at radius 1 is 0.923 bits per heavy atom. The maximum absolute atomic E-state index is 12.6. The van der Waals surface area contributed by atoms with Crippen LogP contribution in [-0.2, 0) is 19.7 Å². The molecule has 0 spiro atoms. The van der Waals surface area contributed by atoms with Gasteiger partial charge in [0.2, 0.25) is 0 Å². The standard InChI is InChI=1S/C16H16F3NO4S2/c1-25(21,22)11-15(12-5-3-2-4-6-12)20-13-7-9-14(10-8-13)26(23,24)16(17,18)19/h2-10,15,20H,11H2,1H3. The number of benzene rings is 2. The molecule has 2 aromatic rings. The van der Waals surface area contributed by atoms with E-state index in [9.17, 15) is 30.0 Å². The molecule has 1 unspecified atom stereocenters. The van der Waals surface area contributed by atoms with Crippen molar-refractivity contribution < 1.29 is 30.0 Å². The fourth-order valence-corrected chi connectivity index (χ4v) is 3.92. The lowest BCUT2D eigenvalue weighted by atomic mass is 10.1. The van der Waals surface area contributed by atoms with Gasteiger partial charge in [0.05, 0.1) is 16.7 Å². The van der Waals surface area contributed by atoms with Crippen LogP contribution in [0.2, 0.25) is 0 Å². The van der Waals surface area contributed by atoms with Gasteiger partial charge in [-0.05, 0) is 29.8 Å². The van der Waals surface area contributed by atoms with E-state index in [4.69, 9.17) is 0 Å². The highest BCUT2D eigenvalue weighted by molar-refractivity contribution is 7.92. The zero-order chi connectivity index (χ0) is 19.6. The van der Waals surface area contributed by atoms with Crippen LogP contribution in [0.15, 0.2) is 59.5 Å². The summed E-state index contributed by atoms with van der Waals surface area (Å²) in [5.74, 6) is -0.236. The van der Waals surface area contributed by atoms with Crippen LogP contribution in [0.3, 0.4) is 0 Å². The van der Waals surface area contributed by atoms with Crippen LogP contribution in [0.5, 0.6) is 0 Å². The molecule has 0 radical (unpaired) electrons. The van der Waals surface area contributed by atoms with E-state index in [2.05, 4.69) is 5.32 Å². The molecule has 0 aromatic heterocycles. The molecule has 10 heteroatoms. The van der Waals surface area contributed by atoms with Crippen LogP contribution in [-0.4, -0.2) is 34.4 Å². The molecule has 2 aromatic carbocycles. The summed E-state index contributed by atoms with van der Waals surface area (Å²) in [6.45, 7) is 0. The largest absolute Gasteiger partial charge is 0.501 e. The summed E-state index contributed by atoms with van der Waals surface area (Å²) in [5.41, 5.74) is -4.42. The van der Waals surface area contributed by atoms with Crippen LogP contribution in [0.1, 0.15) is 11.6 Å². The van der Waals surface area contributed by atoms with E-state index in [1.807, 2.05) is 0 Å². The molecule has 0 bridgehead atoms. The fraction of sp³-hybridized carbons (Fsp3) is 0.250. The molecule has 0 amide bonds. The van der Waals surface area contributed by atoms with Crippen molar-refractivity contribution in [2.75, 3.05) is 17.3 Å². The maximum atomic E-state index is 12.6. The smallest absolute Gasteiger partial charge is 0.377 e. The SMILES string of the molecule is CS(=O)(=O)CC(Nc1ccc(S(=O)(=O)C(F)(F)F)cc1)c1ccccc1. The number of sulfone groups is 2. The van der Waals surface area contributed by atoms with Gasteiger partial charge in [-0.15, -0.1) is 0 Å². The van der Waals surface area contributed by atoms with Gasteiger partial charge in [0.1, 0.15) is 9.84 Å². The Hall–Kier alpha value is -2.07. The second-order valence-corrected chi connectivity index (χ2v) is 9.80. The lowest BCUT2D eigenvalue weighted by Crippen LogP contribution is -2.23. The molecular formula is C16H16F3NO4S2. The molecule has 0 saturated heterocycles. The molecular weight excluding hydrogens is 391 g/mol. The van der Waals surface area contributed by atoms with Gasteiger partial charge in [0.15, 0.2) is 0 Å². The van der Waals surface area contributed by atoms with Crippen molar-refractivity contribution >= 4 is 25.4 Å². The Balaban J connectivity index is 2.30. The van der Waals surface area contributed by atoms with Gasteiger partial charge < -0.3 is 5.32 Å². The lowest BCUT2D eigenvalue weighted by molar-refractivity contribution is -0.0436. The van der Waals surface area contributed by atoms with Gasteiger partial charge in [-0.3, -0.25) is 0 Å². The van der Waals surface area contributed by atoms with Gasteiger partial charge in [0.25, 0.3) is 9.84 Å². The first kappa shape index (κ1) is 20.2. The molecule has 26 heavy (non-hydrogen) atoms. The van der Waals surface area contributed by atoms with Crippen molar-refractivity contribution in [2.45, 2.75) is 16.4 Å². The highest BCUT2D eigenvalue weighted by Gasteiger charge is 2.46. The van der Waals surface area contributed by atoms with E-state index in [1.54, 1.807) is 30.3 Å². The Kier molecular flexibility index (Phi) is 5.67. The maximum Gasteiger partial charge on any atom is 0.501 e. The molecule has 142 valence electrons. The first-order chi connectivity index (χ1) is 11.9. The van der Waals surface area contributed by atoms with Crippen molar-refractivity contribution in [1.29, 1.82) is 0 Å². The number of rotatable bonds is 6. The second kappa shape index (κ2) is 7.28. The molecule has 0 heterocycles. The monoisotopic (exact) mass is 407 g/mol. The summed E-state index contributed by atoms with van der Waals surface area (Å²) in [5, 5.41) is 2.91. The molecule has 0 saturated carbocycles. The van der Waals surface area contributed by atoms with E-state index >= 15 is 0 Å². The molecule has 1 N–H and O–H groups in total. The third-order valence-electron chi connectivity index (χ3n) is 3.48. The minimum Gasteiger partial charge on any atom is -0.377 e. The normalized spacial score (nSPS) is 14.0. The van der Waals surface area contributed by atoms with Crippen molar-refractivity contribution in [3.63, 3.8) is 0 Å². The second-order valence-electron chi connectivity index (χ2n) is 5.67. The first-order valence-electron chi connectivity index (χ1n) is 7.31. The van der Waals surface area contributed by atoms with E-state index in [1.165, 1.54) is 0 Å². The lowest BCUT2D eigenvalue weighted by Gasteiger charge is -2.20. The average molecular weight is 407 g/mol. The topological polar surface area (TPSA) is 80.3 Å². The van der Waals surface area contributed by atoms with Crippen molar-refractivity contribution in [3.05, 3.63) is 60.2 Å². The van der Waals surface area contributed by atoms with E-state index < -0.39 is 36.1 Å². The van der Waals surface area contributed by atoms with Crippen LogP contribution in [0, 0.1) is 0 Å². The average Bonchev–Trinajstić information content (AvgIpc) is 2.53. The van der Waals surface area contributed by atoms with Crippen LogP contribution < -0.4 is 5.32 Å². The van der Waals surface area contributed by atoms with Gasteiger partial charge in [-0.1, -0.05) is 30.3 Å². The summed E-state index contributed by atoms with van der Waals surface area (Å²) < 4.78 is 83.8. The predicted molar refractivity (Wildman–Crippen MR) is 92.2 cm³/mol.